The second kappa shape index (κ2) is 9.47. The third kappa shape index (κ3) is 3.75. The van der Waals surface area contributed by atoms with E-state index in [0.717, 1.165) is 42.6 Å². The van der Waals surface area contributed by atoms with E-state index in [1.165, 1.54) is 50.5 Å². The highest BCUT2D eigenvalue weighted by Gasteiger charge is 2.72. The molecule has 5 aliphatic carbocycles. The molecule has 2 nitrogen and oxygen atoms in total. The second-order valence-electron chi connectivity index (χ2n) is 16.7. The zero-order valence-electron chi connectivity index (χ0n) is 26.7. The number of carbonyl (C=O) groups excluding carboxylic acids is 1. The van der Waals surface area contributed by atoms with Gasteiger partial charge in [0.05, 0.1) is 5.41 Å². The van der Waals surface area contributed by atoms with Crippen LogP contribution in [-0.4, -0.2) is 5.97 Å². The van der Waals surface area contributed by atoms with E-state index in [1.807, 2.05) is 18.2 Å². The number of carbonyl (C=O) groups is 1. The molecule has 0 N–H and O–H groups in total. The minimum absolute atomic E-state index is 0.0816. The van der Waals surface area contributed by atoms with Gasteiger partial charge >= 0.3 is 5.97 Å². The van der Waals surface area contributed by atoms with Crippen LogP contribution in [-0.2, 0) is 16.1 Å². The van der Waals surface area contributed by atoms with Crippen LogP contribution in [0.25, 0.3) is 0 Å². The average Bonchev–Trinajstić information content (AvgIpc) is 3.32. The molecule has 0 spiro atoms. The van der Waals surface area contributed by atoms with Crippen LogP contribution in [0.1, 0.15) is 118 Å². The quantitative estimate of drug-likeness (QED) is 0.278. The van der Waals surface area contributed by atoms with Crippen LogP contribution >= 0.6 is 0 Å². The Morgan fingerprint density at radius 1 is 0.850 bits per heavy atom. The third-order valence-electron chi connectivity index (χ3n) is 15.2. The molecule has 2 heteroatoms. The topological polar surface area (TPSA) is 26.3 Å². The summed E-state index contributed by atoms with van der Waals surface area (Å²) in [6, 6.07) is 10.2. The summed E-state index contributed by atoms with van der Waals surface area (Å²) in [6.07, 6.45) is 12.4. The Morgan fingerprint density at radius 2 is 1.57 bits per heavy atom. The lowest BCUT2D eigenvalue weighted by Gasteiger charge is -2.73. The highest BCUT2D eigenvalue weighted by molar-refractivity contribution is 5.78. The van der Waals surface area contributed by atoms with Gasteiger partial charge in [0.2, 0.25) is 0 Å². The molecule has 0 radical (unpaired) electrons. The van der Waals surface area contributed by atoms with Gasteiger partial charge in [-0.2, -0.15) is 0 Å². The smallest absolute Gasteiger partial charge is 0.312 e. The minimum Gasteiger partial charge on any atom is -0.460 e. The molecule has 220 valence electrons. The van der Waals surface area contributed by atoms with Gasteiger partial charge in [-0.15, -0.1) is 0 Å². The zero-order valence-corrected chi connectivity index (χ0v) is 26.7. The number of allylic oxidation sites excluding steroid dienone is 1. The van der Waals surface area contributed by atoms with Crippen molar-refractivity contribution in [1.82, 2.24) is 0 Å². The summed E-state index contributed by atoms with van der Waals surface area (Å²) in [7, 11) is 0. The van der Waals surface area contributed by atoms with E-state index in [4.69, 9.17) is 4.74 Å². The maximum Gasteiger partial charge on any atom is 0.312 e. The molecule has 0 aliphatic heterocycles. The third-order valence-corrected chi connectivity index (χ3v) is 15.2. The van der Waals surface area contributed by atoms with E-state index in [-0.39, 0.29) is 16.8 Å². The molecule has 0 saturated heterocycles. The fraction of sp³-hybridized carbons (Fsp3) is 0.763. The van der Waals surface area contributed by atoms with Gasteiger partial charge in [-0.25, -0.2) is 0 Å². The van der Waals surface area contributed by atoms with E-state index in [2.05, 4.69) is 67.2 Å². The number of hydrogen-bond acceptors (Lipinski definition) is 2. The average molecular weight is 545 g/mol. The molecule has 6 rings (SSSR count). The number of rotatable bonds is 4. The number of benzene rings is 1. The number of fused-ring (bicyclic) bond motifs is 7. The summed E-state index contributed by atoms with van der Waals surface area (Å²) in [6.45, 7) is 22.9. The van der Waals surface area contributed by atoms with Crippen LogP contribution in [0.2, 0.25) is 0 Å². The van der Waals surface area contributed by atoms with Gasteiger partial charge in [0.1, 0.15) is 6.61 Å². The van der Waals surface area contributed by atoms with Crippen molar-refractivity contribution in [3.05, 3.63) is 48.0 Å². The van der Waals surface area contributed by atoms with Gasteiger partial charge in [-0.1, -0.05) is 84.0 Å². The molecular formula is C38H56O2. The lowest BCUT2D eigenvalue weighted by atomic mass is 9.32. The molecule has 0 aromatic heterocycles. The first-order valence-corrected chi connectivity index (χ1v) is 16.7. The molecular weight excluding hydrogens is 488 g/mol. The number of ether oxygens (including phenoxy) is 1. The van der Waals surface area contributed by atoms with Crippen LogP contribution < -0.4 is 0 Å². The van der Waals surface area contributed by atoms with E-state index >= 15 is 0 Å². The summed E-state index contributed by atoms with van der Waals surface area (Å²) >= 11 is 0. The molecule has 0 amide bonds. The van der Waals surface area contributed by atoms with Crippen molar-refractivity contribution in [2.24, 2.45) is 62.6 Å². The first-order chi connectivity index (χ1) is 18.8. The van der Waals surface area contributed by atoms with Crippen LogP contribution in [0.3, 0.4) is 0 Å². The lowest BCUT2D eigenvalue weighted by Crippen LogP contribution is -2.66. The second-order valence-corrected chi connectivity index (χ2v) is 16.7. The van der Waals surface area contributed by atoms with Crippen molar-refractivity contribution in [3.8, 4) is 0 Å². The maximum absolute atomic E-state index is 14.2. The Kier molecular flexibility index (Phi) is 6.76. The maximum atomic E-state index is 14.2. The molecule has 10 atom stereocenters. The van der Waals surface area contributed by atoms with E-state index in [1.54, 1.807) is 0 Å². The van der Waals surface area contributed by atoms with Gasteiger partial charge in [0.25, 0.3) is 0 Å². The highest BCUT2D eigenvalue weighted by atomic mass is 16.5. The van der Waals surface area contributed by atoms with Crippen LogP contribution in [0, 0.1) is 62.6 Å². The number of esters is 1. The Morgan fingerprint density at radius 3 is 2.27 bits per heavy atom. The first-order valence-electron chi connectivity index (χ1n) is 16.7. The molecule has 1 aromatic rings. The first kappa shape index (κ1) is 28.5. The molecule has 5 aliphatic rings. The van der Waals surface area contributed by atoms with Crippen molar-refractivity contribution >= 4 is 5.97 Å². The summed E-state index contributed by atoms with van der Waals surface area (Å²) < 4.78 is 6.20. The van der Waals surface area contributed by atoms with Gasteiger partial charge in [-0.05, 0) is 134 Å². The molecule has 0 heterocycles. The summed E-state index contributed by atoms with van der Waals surface area (Å²) in [4.78, 5) is 14.2. The Bertz CT molecular complexity index is 1150. The summed E-state index contributed by atoms with van der Waals surface area (Å²) in [5, 5.41) is 0. The monoisotopic (exact) mass is 544 g/mol. The fourth-order valence-corrected chi connectivity index (χ4v) is 12.5. The lowest BCUT2D eigenvalue weighted by molar-refractivity contribution is -0.243. The van der Waals surface area contributed by atoms with Gasteiger partial charge in [-0.3, -0.25) is 4.79 Å². The standard InChI is InChI=1S/C38H56O2/c1-25(2)28-17-21-38(33(39)40-24-27-12-10-9-11-13-27)23-22-36(7)29(32(28)38)14-15-31-35(6)19-16-26(3)34(4,5)30(35)18-20-37(31,36)8/h9-13,26,28-32H,1,14-24H2,2-8H3/t26-,28-,29+,30-,31+,32+,35-,36+,37+,38-/m0/s1. The predicted molar refractivity (Wildman–Crippen MR) is 164 cm³/mol. The molecule has 40 heavy (non-hydrogen) atoms. The Balaban J connectivity index is 1.34. The highest BCUT2D eigenvalue weighted by Crippen LogP contribution is 2.77. The van der Waals surface area contributed by atoms with Crippen molar-refractivity contribution in [3.63, 3.8) is 0 Å². The minimum atomic E-state index is -0.338. The van der Waals surface area contributed by atoms with Crippen molar-refractivity contribution in [2.45, 2.75) is 119 Å². The Labute approximate surface area is 245 Å². The fourth-order valence-electron chi connectivity index (χ4n) is 12.5. The van der Waals surface area contributed by atoms with Crippen molar-refractivity contribution < 1.29 is 9.53 Å². The van der Waals surface area contributed by atoms with Crippen molar-refractivity contribution in [1.29, 1.82) is 0 Å². The number of hydrogen-bond donors (Lipinski definition) is 0. The van der Waals surface area contributed by atoms with Gasteiger partial charge in [0, 0.05) is 0 Å². The molecule has 1 aromatic carbocycles. The van der Waals surface area contributed by atoms with Gasteiger partial charge in [0.15, 0.2) is 0 Å². The SMILES string of the molecule is C=C(C)[C@@H]1CC[C@]2(C(=O)OCc3ccccc3)CC[C@]3(C)[C@H](CC[C@@H]4[C@@]5(C)CC[C@H](C)C(C)(C)[C@@H]5CC[C@]43C)[C@@H]12. The molecule has 0 unspecified atom stereocenters. The zero-order chi connectivity index (χ0) is 28.7. The van der Waals surface area contributed by atoms with Crippen molar-refractivity contribution in [2.75, 3.05) is 0 Å². The van der Waals surface area contributed by atoms with E-state index in [9.17, 15) is 4.79 Å². The summed E-state index contributed by atoms with van der Waals surface area (Å²) in [5.41, 5.74) is 3.49. The normalized spacial score (nSPS) is 47.3. The van der Waals surface area contributed by atoms with Gasteiger partial charge < -0.3 is 4.74 Å². The molecule has 5 fully saturated rings. The van der Waals surface area contributed by atoms with Crippen LogP contribution in [0.5, 0.6) is 0 Å². The van der Waals surface area contributed by atoms with Crippen LogP contribution in [0.15, 0.2) is 42.5 Å². The summed E-state index contributed by atoms with van der Waals surface area (Å²) in [5.74, 6) is 3.90. The Hall–Kier alpha value is -1.57. The molecule has 0 bridgehead atoms. The van der Waals surface area contributed by atoms with E-state index in [0.29, 0.717) is 40.6 Å². The predicted octanol–water partition coefficient (Wildman–Crippen LogP) is 10.0. The largest absolute Gasteiger partial charge is 0.460 e. The molecule has 5 saturated carbocycles. The van der Waals surface area contributed by atoms with E-state index < -0.39 is 0 Å². The van der Waals surface area contributed by atoms with Crippen LogP contribution in [0.4, 0.5) is 0 Å².